The lowest BCUT2D eigenvalue weighted by Crippen LogP contribution is -2.10. The Bertz CT molecular complexity index is 1220. The van der Waals surface area contributed by atoms with Crippen LogP contribution in [0.5, 0.6) is 0 Å². The van der Waals surface area contributed by atoms with Crippen molar-refractivity contribution in [2.75, 3.05) is 0 Å². The highest BCUT2D eigenvalue weighted by Gasteiger charge is 2.16. The van der Waals surface area contributed by atoms with Crippen LogP contribution in [0.3, 0.4) is 0 Å². The van der Waals surface area contributed by atoms with Crippen LogP contribution >= 0.6 is 15.9 Å². The maximum absolute atomic E-state index is 3.69. The average molecular weight is 471 g/mol. The minimum Gasteiger partial charge on any atom is -0.0579 e. The van der Waals surface area contributed by atoms with E-state index in [2.05, 4.69) is 136 Å². The molecule has 4 rings (SSSR count). The molecule has 0 saturated carbocycles. The van der Waals surface area contributed by atoms with E-state index in [1.807, 2.05) is 0 Å². The van der Waals surface area contributed by atoms with Gasteiger partial charge in [-0.3, -0.25) is 0 Å². The van der Waals surface area contributed by atoms with Crippen LogP contribution < -0.4 is 0 Å². The van der Waals surface area contributed by atoms with Crippen molar-refractivity contribution >= 4 is 26.7 Å². The number of benzene rings is 4. The van der Waals surface area contributed by atoms with E-state index in [9.17, 15) is 0 Å². The summed E-state index contributed by atoms with van der Waals surface area (Å²) in [6.07, 6.45) is 0. The summed E-state index contributed by atoms with van der Waals surface area (Å²) >= 11 is 3.69. The third-order valence-electron chi connectivity index (χ3n) is 6.10. The molecule has 0 amide bonds. The van der Waals surface area contributed by atoms with Crippen LogP contribution in [-0.4, -0.2) is 0 Å². The molecule has 0 aliphatic carbocycles. The van der Waals surface area contributed by atoms with Gasteiger partial charge >= 0.3 is 0 Å². The number of fused-ring (bicyclic) bond motifs is 1. The number of halogens is 1. The Balaban J connectivity index is 1.85. The van der Waals surface area contributed by atoms with Gasteiger partial charge in [-0.1, -0.05) is 124 Å². The molecule has 0 bridgehead atoms. The highest BCUT2D eigenvalue weighted by atomic mass is 79.9. The molecule has 0 N–H and O–H groups in total. The second-order valence-electron chi connectivity index (χ2n) is 10.5. The molecule has 1 heteroatoms. The summed E-state index contributed by atoms with van der Waals surface area (Å²) in [6, 6.07) is 29.3. The fourth-order valence-electron chi connectivity index (χ4n) is 4.12. The third kappa shape index (κ3) is 4.48. The number of rotatable bonds is 2. The van der Waals surface area contributed by atoms with Crippen molar-refractivity contribution in [2.45, 2.75) is 52.4 Å². The molecule has 0 fully saturated rings. The summed E-state index contributed by atoms with van der Waals surface area (Å²) in [7, 11) is 0. The third-order valence-corrected chi connectivity index (χ3v) is 6.60. The molecule has 0 aromatic heterocycles. The van der Waals surface area contributed by atoms with E-state index in [1.165, 1.54) is 44.2 Å². The Morgan fingerprint density at radius 3 is 1.32 bits per heavy atom. The minimum atomic E-state index is 0.159. The molecular formula is C30H31Br. The SMILES string of the molecule is CC(C)(C)c1ccc(-c2ccc(-c3ccc(C(C)(C)C)cc3)c3cc(Br)ccc23)cc1. The molecule has 0 atom stereocenters. The Hall–Kier alpha value is -2.38. The molecule has 0 saturated heterocycles. The van der Waals surface area contributed by atoms with E-state index in [1.54, 1.807) is 0 Å². The van der Waals surface area contributed by atoms with Crippen molar-refractivity contribution in [2.24, 2.45) is 0 Å². The van der Waals surface area contributed by atoms with Crippen LogP contribution in [0.4, 0.5) is 0 Å². The largest absolute Gasteiger partial charge is 0.0579 e. The van der Waals surface area contributed by atoms with Crippen LogP contribution in [-0.2, 0) is 10.8 Å². The van der Waals surface area contributed by atoms with Gasteiger partial charge in [0.15, 0.2) is 0 Å². The summed E-state index contributed by atoms with van der Waals surface area (Å²) in [5, 5.41) is 2.55. The van der Waals surface area contributed by atoms with Gasteiger partial charge in [0.2, 0.25) is 0 Å². The summed E-state index contributed by atoms with van der Waals surface area (Å²) in [4.78, 5) is 0. The van der Waals surface area contributed by atoms with Crippen molar-refractivity contribution in [3.05, 3.63) is 94.5 Å². The van der Waals surface area contributed by atoms with Gasteiger partial charge < -0.3 is 0 Å². The zero-order chi connectivity index (χ0) is 22.4. The van der Waals surface area contributed by atoms with Crippen molar-refractivity contribution in [1.29, 1.82) is 0 Å². The van der Waals surface area contributed by atoms with E-state index in [4.69, 9.17) is 0 Å². The van der Waals surface area contributed by atoms with Gasteiger partial charge in [0, 0.05) is 4.47 Å². The van der Waals surface area contributed by atoms with Crippen LogP contribution in [0.15, 0.2) is 83.3 Å². The monoisotopic (exact) mass is 470 g/mol. The summed E-state index contributed by atoms with van der Waals surface area (Å²) < 4.78 is 1.10. The quantitative estimate of drug-likeness (QED) is 0.273. The van der Waals surface area contributed by atoms with Gasteiger partial charge in [-0.15, -0.1) is 0 Å². The lowest BCUT2D eigenvalue weighted by Gasteiger charge is -2.20. The Morgan fingerprint density at radius 1 is 0.484 bits per heavy atom. The highest BCUT2D eigenvalue weighted by Crippen LogP contribution is 2.38. The zero-order valence-corrected chi connectivity index (χ0v) is 21.0. The lowest BCUT2D eigenvalue weighted by atomic mass is 9.85. The summed E-state index contributed by atoms with van der Waals surface area (Å²) in [5.41, 5.74) is 8.10. The van der Waals surface area contributed by atoms with E-state index < -0.39 is 0 Å². The van der Waals surface area contributed by atoms with Crippen molar-refractivity contribution in [1.82, 2.24) is 0 Å². The molecule has 0 heterocycles. The van der Waals surface area contributed by atoms with Crippen LogP contribution in [0, 0.1) is 0 Å². The maximum Gasteiger partial charge on any atom is 0.0181 e. The first-order chi connectivity index (χ1) is 14.5. The molecule has 0 nitrogen and oxygen atoms in total. The topological polar surface area (TPSA) is 0 Å². The van der Waals surface area contributed by atoms with Crippen LogP contribution in [0.2, 0.25) is 0 Å². The smallest absolute Gasteiger partial charge is 0.0181 e. The number of hydrogen-bond acceptors (Lipinski definition) is 0. The van der Waals surface area contributed by atoms with Gasteiger partial charge in [-0.2, -0.15) is 0 Å². The molecule has 31 heavy (non-hydrogen) atoms. The van der Waals surface area contributed by atoms with E-state index in [-0.39, 0.29) is 10.8 Å². The Labute approximate surface area is 195 Å². The van der Waals surface area contributed by atoms with Crippen LogP contribution in [0.1, 0.15) is 52.7 Å². The minimum absolute atomic E-state index is 0.159. The molecule has 0 aliphatic heterocycles. The zero-order valence-electron chi connectivity index (χ0n) is 19.4. The predicted octanol–water partition coefficient (Wildman–Crippen LogP) is 9.53. The summed E-state index contributed by atoms with van der Waals surface area (Å²) in [5.74, 6) is 0. The second-order valence-corrected chi connectivity index (χ2v) is 11.4. The lowest BCUT2D eigenvalue weighted by molar-refractivity contribution is 0.590. The van der Waals surface area contributed by atoms with Gasteiger partial charge in [0.25, 0.3) is 0 Å². The normalized spacial score (nSPS) is 12.4. The molecule has 0 radical (unpaired) electrons. The van der Waals surface area contributed by atoms with Crippen molar-refractivity contribution < 1.29 is 0 Å². The molecule has 0 unspecified atom stereocenters. The highest BCUT2D eigenvalue weighted by molar-refractivity contribution is 9.10. The van der Waals surface area contributed by atoms with Gasteiger partial charge in [0.1, 0.15) is 0 Å². The molecule has 4 aromatic rings. The van der Waals surface area contributed by atoms with Crippen molar-refractivity contribution in [3.63, 3.8) is 0 Å². The Morgan fingerprint density at radius 2 is 0.903 bits per heavy atom. The Kier molecular flexibility index (Phi) is 5.60. The fourth-order valence-corrected chi connectivity index (χ4v) is 4.48. The first-order valence-electron chi connectivity index (χ1n) is 11.0. The first kappa shape index (κ1) is 21.8. The molecule has 4 aromatic carbocycles. The van der Waals surface area contributed by atoms with Crippen molar-refractivity contribution in [3.8, 4) is 22.3 Å². The fraction of sp³-hybridized carbons (Fsp3) is 0.267. The predicted molar refractivity (Wildman–Crippen MR) is 140 cm³/mol. The summed E-state index contributed by atoms with van der Waals surface area (Å²) in [6.45, 7) is 13.6. The van der Waals surface area contributed by atoms with Crippen LogP contribution in [0.25, 0.3) is 33.0 Å². The van der Waals surface area contributed by atoms with E-state index in [0.717, 1.165) is 4.47 Å². The van der Waals surface area contributed by atoms with Gasteiger partial charge in [0.05, 0.1) is 0 Å². The van der Waals surface area contributed by atoms with Gasteiger partial charge in [-0.05, 0) is 67.1 Å². The first-order valence-corrected chi connectivity index (χ1v) is 11.8. The molecular weight excluding hydrogens is 440 g/mol. The van der Waals surface area contributed by atoms with E-state index in [0.29, 0.717) is 0 Å². The average Bonchev–Trinajstić information content (AvgIpc) is 2.72. The molecule has 0 aliphatic rings. The number of hydrogen-bond donors (Lipinski definition) is 0. The maximum atomic E-state index is 3.69. The molecule has 0 spiro atoms. The standard InChI is InChI=1S/C30H31Br/c1-29(2,3)22-11-7-20(8-12-22)25-17-18-26(28-19-24(31)15-16-27(25)28)21-9-13-23(14-10-21)30(4,5)6/h7-19H,1-6H3. The van der Waals surface area contributed by atoms with E-state index >= 15 is 0 Å². The van der Waals surface area contributed by atoms with Gasteiger partial charge in [-0.25, -0.2) is 0 Å². The molecule has 158 valence electrons. The second kappa shape index (κ2) is 7.95.